The summed E-state index contributed by atoms with van der Waals surface area (Å²) in [7, 11) is 0. The molecule has 0 unspecified atom stereocenters. The fraction of sp³-hybridized carbons (Fsp3) is 0.400. The van der Waals surface area contributed by atoms with Gasteiger partial charge in [0, 0.05) is 13.1 Å². The lowest BCUT2D eigenvalue weighted by atomic mass is 10.2. The zero-order chi connectivity index (χ0) is 10.7. The Morgan fingerprint density at radius 1 is 1.21 bits per heavy atom. The molecule has 14 heavy (non-hydrogen) atoms. The lowest BCUT2D eigenvalue weighted by Crippen LogP contribution is -2.22. The molecular weight excluding hydrogens is 188 g/mol. The lowest BCUT2D eigenvalue weighted by Gasteiger charge is -2.22. The fourth-order valence-electron chi connectivity index (χ4n) is 1.35. The smallest absolute Gasteiger partial charge is 0.202 e. The van der Waals surface area contributed by atoms with E-state index in [1.54, 1.807) is 4.90 Å². The van der Waals surface area contributed by atoms with Crippen molar-refractivity contribution >= 4 is 5.69 Å². The molecule has 0 aromatic heterocycles. The molecule has 0 atom stereocenters. The largest absolute Gasteiger partial charge is 0.503 e. The third kappa shape index (κ3) is 1.78. The van der Waals surface area contributed by atoms with E-state index >= 15 is 0 Å². The Morgan fingerprint density at radius 3 is 2.29 bits per heavy atom. The number of phenolic OH excluding ortho intramolecular Hbond substituents is 1. The number of aromatic hydroxyl groups is 1. The van der Waals surface area contributed by atoms with Gasteiger partial charge in [0.15, 0.2) is 11.6 Å². The zero-order valence-electron chi connectivity index (χ0n) is 8.22. The third-order valence-electron chi connectivity index (χ3n) is 2.15. The topological polar surface area (TPSA) is 23.5 Å². The number of nitrogens with zero attached hydrogens (tertiary/aromatic N) is 1. The fourth-order valence-corrected chi connectivity index (χ4v) is 1.35. The first kappa shape index (κ1) is 10.8. The van der Waals surface area contributed by atoms with E-state index in [0.29, 0.717) is 18.8 Å². The molecule has 0 amide bonds. The summed E-state index contributed by atoms with van der Waals surface area (Å²) in [6, 6.07) is 2.39. The van der Waals surface area contributed by atoms with E-state index in [0.717, 1.165) is 6.07 Å². The second kappa shape index (κ2) is 4.26. The predicted octanol–water partition coefficient (Wildman–Crippen LogP) is 2.52. The maximum atomic E-state index is 13.0. The van der Waals surface area contributed by atoms with Crippen LogP contribution >= 0.6 is 0 Å². The van der Waals surface area contributed by atoms with Crippen LogP contribution in [0.15, 0.2) is 12.1 Å². The number of anilines is 1. The van der Waals surface area contributed by atoms with Crippen molar-refractivity contribution in [2.75, 3.05) is 18.0 Å². The first-order valence-electron chi connectivity index (χ1n) is 4.53. The molecule has 0 heterocycles. The van der Waals surface area contributed by atoms with Gasteiger partial charge in [-0.2, -0.15) is 4.39 Å². The van der Waals surface area contributed by atoms with Crippen molar-refractivity contribution in [3.8, 4) is 5.75 Å². The monoisotopic (exact) mass is 201 g/mol. The summed E-state index contributed by atoms with van der Waals surface area (Å²) in [5.41, 5.74) is 0.328. The first-order chi connectivity index (χ1) is 6.61. The molecular formula is C10H13F2NO. The summed E-state index contributed by atoms with van der Waals surface area (Å²) in [6.07, 6.45) is 0. The Kier molecular flexibility index (Phi) is 3.28. The van der Waals surface area contributed by atoms with E-state index < -0.39 is 17.4 Å². The third-order valence-corrected chi connectivity index (χ3v) is 2.15. The van der Waals surface area contributed by atoms with Crippen molar-refractivity contribution < 1.29 is 13.9 Å². The van der Waals surface area contributed by atoms with Crippen LogP contribution in [-0.2, 0) is 0 Å². The van der Waals surface area contributed by atoms with Crippen molar-refractivity contribution in [2.24, 2.45) is 0 Å². The van der Waals surface area contributed by atoms with Crippen LogP contribution in [0.25, 0.3) is 0 Å². The molecule has 2 nitrogen and oxygen atoms in total. The van der Waals surface area contributed by atoms with Gasteiger partial charge in [-0.3, -0.25) is 0 Å². The summed E-state index contributed by atoms with van der Waals surface area (Å²) < 4.78 is 25.6. The van der Waals surface area contributed by atoms with Crippen molar-refractivity contribution in [3.05, 3.63) is 23.8 Å². The highest BCUT2D eigenvalue weighted by atomic mass is 19.2. The molecule has 78 valence electrons. The second-order valence-electron chi connectivity index (χ2n) is 2.90. The van der Waals surface area contributed by atoms with Gasteiger partial charge in [0.25, 0.3) is 0 Å². The molecule has 0 aliphatic heterocycles. The number of hydrogen-bond donors (Lipinski definition) is 1. The molecule has 0 bridgehead atoms. The molecule has 1 rings (SSSR count). The van der Waals surface area contributed by atoms with Crippen molar-refractivity contribution in [1.29, 1.82) is 0 Å². The number of rotatable bonds is 3. The van der Waals surface area contributed by atoms with Gasteiger partial charge in [-0.15, -0.1) is 0 Å². The zero-order valence-corrected chi connectivity index (χ0v) is 8.22. The van der Waals surface area contributed by atoms with Crippen LogP contribution in [0.1, 0.15) is 13.8 Å². The maximum absolute atomic E-state index is 13.0. The Labute approximate surface area is 81.8 Å². The molecule has 4 heteroatoms. The van der Waals surface area contributed by atoms with Gasteiger partial charge in [0.05, 0.1) is 5.69 Å². The van der Waals surface area contributed by atoms with Gasteiger partial charge in [-0.05, 0) is 26.0 Å². The normalized spacial score (nSPS) is 10.3. The molecule has 0 aliphatic carbocycles. The summed E-state index contributed by atoms with van der Waals surface area (Å²) in [6.45, 7) is 5.03. The summed E-state index contributed by atoms with van der Waals surface area (Å²) in [4.78, 5) is 1.75. The predicted molar refractivity (Wildman–Crippen MR) is 51.6 cm³/mol. The van der Waals surface area contributed by atoms with Gasteiger partial charge in [0.1, 0.15) is 0 Å². The van der Waals surface area contributed by atoms with Gasteiger partial charge in [-0.1, -0.05) is 0 Å². The molecule has 1 aromatic carbocycles. The van der Waals surface area contributed by atoms with E-state index in [1.807, 2.05) is 13.8 Å². The van der Waals surface area contributed by atoms with Crippen LogP contribution in [0.3, 0.4) is 0 Å². The minimum absolute atomic E-state index is 0.328. The molecule has 0 fully saturated rings. The van der Waals surface area contributed by atoms with Crippen molar-refractivity contribution in [2.45, 2.75) is 13.8 Å². The van der Waals surface area contributed by atoms with Gasteiger partial charge in [-0.25, -0.2) is 4.39 Å². The standard InChI is InChI=1S/C10H13F2NO/c1-3-13(4-2)8-6-5-7(11)9(12)10(8)14/h5-6,14H,3-4H2,1-2H3. The number of hydrogen-bond acceptors (Lipinski definition) is 2. The minimum atomic E-state index is -1.19. The molecule has 0 saturated carbocycles. The van der Waals surface area contributed by atoms with Crippen molar-refractivity contribution in [3.63, 3.8) is 0 Å². The average molecular weight is 201 g/mol. The van der Waals surface area contributed by atoms with E-state index in [2.05, 4.69) is 0 Å². The van der Waals surface area contributed by atoms with E-state index in [9.17, 15) is 13.9 Å². The van der Waals surface area contributed by atoms with Crippen LogP contribution in [0.4, 0.5) is 14.5 Å². The molecule has 1 N–H and O–H groups in total. The van der Waals surface area contributed by atoms with Crippen LogP contribution < -0.4 is 4.90 Å². The Bertz CT molecular complexity index is 324. The molecule has 1 aromatic rings. The molecule has 0 radical (unpaired) electrons. The molecule has 0 aliphatic rings. The van der Waals surface area contributed by atoms with E-state index in [1.165, 1.54) is 6.07 Å². The van der Waals surface area contributed by atoms with E-state index in [-0.39, 0.29) is 0 Å². The minimum Gasteiger partial charge on any atom is -0.503 e. The molecule has 0 spiro atoms. The van der Waals surface area contributed by atoms with E-state index in [4.69, 9.17) is 0 Å². The maximum Gasteiger partial charge on any atom is 0.202 e. The SMILES string of the molecule is CCN(CC)c1ccc(F)c(F)c1O. The summed E-state index contributed by atoms with van der Waals surface area (Å²) in [5.74, 6) is -2.83. The highest BCUT2D eigenvalue weighted by Gasteiger charge is 2.15. The molecule has 0 saturated heterocycles. The Hall–Kier alpha value is -1.32. The number of benzene rings is 1. The van der Waals surface area contributed by atoms with Gasteiger partial charge >= 0.3 is 0 Å². The highest BCUT2D eigenvalue weighted by molar-refractivity contribution is 5.58. The lowest BCUT2D eigenvalue weighted by molar-refractivity contribution is 0.407. The van der Waals surface area contributed by atoms with Gasteiger partial charge < -0.3 is 10.0 Å². The van der Waals surface area contributed by atoms with Crippen LogP contribution in [0, 0.1) is 11.6 Å². The van der Waals surface area contributed by atoms with Crippen LogP contribution in [0.5, 0.6) is 5.75 Å². The second-order valence-corrected chi connectivity index (χ2v) is 2.90. The Balaban J connectivity index is 3.16. The van der Waals surface area contributed by atoms with Crippen LogP contribution in [0.2, 0.25) is 0 Å². The summed E-state index contributed by atoms with van der Waals surface area (Å²) in [5, 5.41) is 9.35. The Morgan fingerprint density at radius 2 is 1.79 bits per heavy atom. The first-order valence-corrected chi connectivity index (χ1v) is 4.53. The highest BCUT2D eigenvalue weighted by Crippen LogP contribution is 2.31. The summed E-state index contributed by atoms with van der Waals surface area (Å²) >= 11 is 0. The average Bonchev–Trinajstić information content (AvgIpc) is 2.19. The quantitative estimate of drug-likeness (QED) is 0.812. The number of phenols is 1. The van der Waals surface area contributed by atoms with Crippen LogP contribution in [-0.4, -0.2) is 18.2 Å². The van der Waals surface area contributed by atoms with Gasteiger partial charge in [0.2, 0.25) is 5.82 Å². The van der Waals surface area contributed by atoms with Crippen molar-refractivity contribution in [1.82, 2.24) is 0 Å². The number of halogens is 2.